The van der Waals surface area contributed by atoms with Crippen molar-refractivity contribution in [3.8, 4) is 0 Å². The number of hydrogen-bond donors (Lipinski definition) is 0. The number of esters is 2. The van der Waals surface area contributed by atoms with Crippen LogP contribution in [0.2, 0.25) is 0 Å². The maximum Gasteiger partial charge on any atom is 0.311 e. The first-order valence-electron chi connectivity index (χ1n) is 10.1. The van der Waals surface area contributed by atoms with E-state index in [0.717, 1.165) is 38.5 Å². The molecule has 2 bridgehead atoms. The first-order chi connectivity index (χ1) is 12.2. The first-order valence-corrected chi connectivity index (χ1v) is 10.1. The monoisotopic (exact) mass is 360 g/mol. The maximum atomic E-state index is 13.2. The molecule has 7 unspecified atom stereocenters. The predicted octanol–water partition coefficient (Wildman–Crippen LogP) is 4.14. The van der Waals surface area contributed by atoms with Crippen molar-refractivity contribution < 1.29 is 19.1 Å². The number of rotatable bonds is 2. The standard InChI is InChI=1S/C22H32O4/c1-13-11-22-12-14(13)7-8-15(22)20(2)9-6-10-21(3,19(24)26-5)17(20)16(22)18(23)25-4/h14-17H,1,6-12H2,2-5H3. The lowest BCUT2D eigenvalue weighted by molar-refractivity contribution is -0.170. The molecule has 4 nitrogen and oxygen atoms in total. The van der Waals surface area contributed by atoms with Crippen molar-refractivity contribution in [2.75, 3.05) is 14.2 Å². The van der Waals surface area contributed by atoms with Gasteiger partial charge < -0.3 is 9.47 Å². The van der Waals surface area contributed by atoms with Crippen LogP contribution in [0.3, 0.4) is 0 Å². The molecule has 4 aliphatic carbocycles. The van der Waals surface area contributed by atoms with Crippen LogP contribution in [0.5, 0.6) is 0 Å². The molecule has 26 heavy (non-hydrogen) atoms. The molecule has 4 rings (SSSR count). The number of carbonyl (C=O) groups excluding carboxylic acids is 2. The van der Waals surface area contributed by atoms with Gasteiger partial charge in [0.25, 0.3) is 0 Å². The average Bonchev–Trinajstić information content (AvgIpc) is 3.00. The van der Waals surface area contributed by atoms with Gasteiger partial charge in [0.2, 0.25) is 0 Å². The minimum Gasteiger partial charge on any atom is -0.469 e. The van der Waals surface area contributed by atoms with E-state index >= 15 is 0 Å². The summed E-state index contributed by atoms with van der Waals surface area (Å²) in [5.74, 6) is 0.463. The van der Waals surface area contributed by atoms with Crippen LogP contribution in [-0.4, -0.2) is 26.2 Å². The minimum absolute atomic E-state index is 0.0155. The fraction of sp³-hybridized carbons (Fsp3) is 0.818. The third kappa shape index (κ3) is 1.96. The third-order valence-electron chi connectivity index (χ3n) is 8.92. The normalized spacial score (nSPS) is 49.3. The minimum atomic E-state index is -0.619. The van der Waals surface area contributed by atoms with Crippen molar-refractivity contribution in [1.29, 1.82) is 0 Å². The van der Waals surface area contributed by atoms with Crippen LogP contribution >= 0.6 is 0 Å². The van der Waals surface area contributed by atoms with Crippen LogP contribution < -0.4 is 0 Å². The molecule has 4 aliphatic rings. The predicted molar refractivity (Wildman–Crippen MR) is 98.1 cm³/mol. The Bertz CT molecular complexity index is 669. The van der Waals surface area contributed by atoms with E-state index in [1.807, 2.05) is 6.92 Å². The average molecular weight is 360 g/mol. The summed E-state index contributed by atoms with van der Waals surface area (Å²) in [6.45, 7) is 8.73. The molecule has 144 valence electrons. The highest BCUT2D eigenvalue weighted by molar-refractivity contribution is 5.81. The highest BCUT2D eigenvalue weighted by Crippen LogP contribution is 2.77. The van der Waals surface area contributed by atoms with Gasteiger partial charge in [-0.05, 0) is 74.0 Å². The Morgan fingerprint density at radius 3 is 2.50 bits per heavy atom. The van der Waals surface area contributed by atoms with Gasteiger partial charge in [-0.1, -0.05) is 25.5 Å². The Morgan fingerprint density at radius 1 is 1.12 bits per heavy atom. The number of ether oxygens (including phenoxy) is 2. The molecular weight excluding hydrogens is 328 g/mol. The molecule has 0 saturated heterocycles. The van der Waals surface area contributed by atoms with Crippen molar-refractivity contribution in [1.82, 2.24) is 0 Å². The summed E-state index contributed by atoms with van der Waals surface area (Å²) in [6, 6.07) is 0. The van der Waals surface area contributed by atoms with Gasteiger partial charge in [-0.15, -0.1) is 0 Å². The lowest BCUT2D eigenvalue weighted by Crippen LogP contribution is -2.51. The van der Waals surface area contributed by atoms with E-state index in [1.54, 1.807) is 0 Å². The van der Waals surface area contributed by atoms with Crippen LogP contribution in [0, 0.1) is 39.9 Å². The van der Waals surface area contributed by atoms with Gasteiger partial charge in [-0.2, -0.15) is 0 Å². The van der Waals surface area contributed by atoms with Crippen LogP contribution in [0.15, 0.2) is 12.2 Å². The Kier molecular flexibility index (Phi) is 3.88. The number of hydrogen-bond acceptors (Lipinski definition) is 4. The molecule has 4 fully saturated rings. The molecule has 0 N–H and O–H groups in total. The van der Waals surface area contributed by atoms with Crippen LogP contribution in [0.4, 0.5) is 0 Å². The number of fused-ring (bicyclic) bond motifs is 3. The first kappa shape index (κ1) is 18.1. The molecule has 4 heteroatoms. The molecule has 1 spiro atoms. The van der Waals surface area contributed by atoms with Gasteiger partial charge in [0, 0.05) is 0 Å². The largest absolute Gasteiger partial charge is 0.469 e. The van der Waals surface area contributed by atoms with Crippen molar-refractivity contribution >= 4 is 11.9 Å². The summed E-state index contributed by atoms with van der Waals surface area (Å²) in [7, 11) is 2.96. The Morgan fingerprint density at radius 2 is 1.85 bits per heavy atom. The van der Waals surface area contributed by atoms with E-state index in [-0.39, 0.29) is 34.6 Å². The molecule has 0 aromatic rings. The van der Waals surface area contributed by atoms with Gasteiger partial charge in [-0.3, -0.25) is 9.59 Å². The Labute approximate surface area is 156 Å². The van der Waals surface area contributed by atoms with Crippen molar-refractivity contribution in [2.45, 2.75) is 58.8 Å². The second-order valence-corrected chi connectivity index (χ2v) is 9.85. The molecule has 4 saturated carbocycles. The molecular formula is C22H32O4. The van der Waals surface area contributed by atoms with Crippen molar-refractivity contribution in [3.05, 3.63) is 12.2 Å². The number of allylic oxidation sites excluding steroid dienone is 1. The topological polar surface area (TPSA) is 52.6 Å². The summed E-state index contributed by atoms with van der Waals surface area (Å²) in [5.41, 5.74) is 0.594. The second kappa shape index (κ2) is 5.59. The van der Waals surface area contributed by atoms with Crippen molar-refractivity contribution in [3.63, 3.8) is 0 Å². The molecule has 0 radical (unpaired) electrons. The molecule has 0 heterocycles. The SMILES string of the molecule is C=C1CC23CC1CCC2C1(C)CCCC(C)(C(=O)OC)C1C3C(=O)OC. The molecule has 0 amide bonds. The van der Waals surface area contributed by atoms with Crippen LogP contribution in [0.25, 0.3) is 0 Å². The zero-order chi connectivity index (χ0) is 18.9. The lowest BCUT2D eigenvalue weighted by atomic mass is 9.53. The molecule has 0 aromatic carbocycles. The van der Waals surface area contributed by atoms with E-state index in [2.05, 4.69) is 13.5 Å². The second-order valence-electron chi connectivity index (χ2n) is 9.85. The molecule has 7 atom stereocenters. The fourth-order valence-electron chi connectivity index (χ4n) is 8.22. The summed E-state index contributed by atoms with van der Waals surface area (Å²) in [6.07, 6.45) is 7.17. The van der Waals surface area contributed by atoms with Gasteiger partial charge >= 0.3 is 11.9 Å². The Hall–Kier alpha value is -1.32. The smallest absolute Gasteiger partial charge is 0.311 e. The number of carbonyl (C=O) groups is 2. The Balaban J connectivity index is 1.91. The zero-order valence-electron chi connectivity index (χ0n) is 16.6. The highest BCUT2D eigenvalue weighted by Gasteiger charge is 2.75. The van der Waals surface area contributed by atoms with Gasteiger partial charge in [0.05, 0.1) is 25.6 Å². The summed E-state index contributed by atoms with van der Waals surface area (Å²) in [4.78, 5) is 26.1. The quantitative estimate of drug-likeness (QED) is 0.549. The van der Waals surface area contributed by atoms with E-state index < -0.39 is 5.41 Å². The van der Waals surface area contributed by atoms with Crippen LogP contribution in [0.1, 0.15) is 58.8 Å². The van der Waals surface area contributed by atoms with Crippen molar-refractivity contribution in [2.24, 2.45) is 39.9 Å². The van der Waals surface area contributed by atoms with E-state index in [1.165, 1.54) is 26.2 Å². The van der Waals surface area contributed by atoms with E-state index in [0.29, 0.717) is 11.8 Å². The zero-order valence-corrected chi connectivity index (χ0v) is 16.6. The van der Waals surface area contributed by atoms with E-state index in [9.17, 15) is 9.59 Å². The van der Waals surface area contributed by atoms with Gasteiger partial charge in [-0.25, -0.2) is 0 Å². The molecule has 0 aliphatic heterocycles. The lowest BCUT2D eigenvalue weighted by Gasteiger charge is -2.50. The fourth-order valence-corrected chi connectivity index (χ4v) is 8.22. The highest BCUT2D eigenvalue weighted by atomic mass is 16.5. The summed E-state index contributed by atoms with van der Waals surface area (Å²) >= 11 is 0. The van der Waals surface area contributed by atoms with Gasteiger partial charge in [0.15, 0.2) is 0 Å². The van der Waals surface area contributed by atoms with Crippen LogP contribution in [-0.2, 0) is 19.1 Å². The maximum absolute atomic E-state index is 13.2. The summed E-state index contributed by atoms with van der Waals surface area (Å²) in [5, 5.41) is 0. The van der Waals surface area contributed by atoms with E-state index in [4.69, 9.17) is 9.47 Å². The van der Waals surface area contributed by atoms with Gasteiger partial charge in [0.1, 0.15) is 0 Å². The third-order valence-corrected chi connectivity index (χ3v) is 8.92. The molecule has 0 aromatic heterocycles. The number of methoxy groups -OCH3 is 2. The summed E-state index contributed by atoms with van der Waals surface area (Å²) < 4.78 is 10.6.